The van der Waals surface area contributed by atoms with Crippen LogP contribution in [0.1, 0.15) is 44.3 Å². The summed E-state index contributed by atoms with van der Waals surface area (Å²) in [6.45, 7) is 4.75. The highest BCUT2D eigenvalue weighted by Gasteiger charge is 2.19. The second-order valence-electron chi connectivity index (χ2n) is 13.2. The molecule has 15 heteroatoms. The number of carbonyl (C=O) groups is 2. The molecule has 2 aliphatic heterocycles. The number of carbonyl (C=O) groups excluding carboxylic acids is 2. The van der Waals surface area contributed by atoms with E-state index < -0.39 is 0 Å². The third kappa shape index (κ3) is 9.86. The summed E-state index contributed by atoms with van der Waals surface area (Å²) in [4.78, 5) is 25.1. The Morgan fingerprint density at radius 2 is 1.19 bits per heavy atom. The molecule has 0 aliphatic carbocycles. The van der Waals surface area contributed by atoms with Gasteiger partial charge in [-0.2, -0.15) is 10.2 Å². The number of benzene rings is 4. The van der Waals surface area contributed by atoms with Gasteiger partial charge in [0.05, 0.1) is 56.1 Å². The summed E-state index contributed by atoms with van der Waals surface area (Å²) in [5.74, 6) is 0.704. The summed E-state index contributed by atoms with van der Waals surface area (Å²) in [6, 6.07) is 31.6. The van der Waals surface area contributed by atoms with Crippen LogP contribution in [0.3, 0.4) is 0 Å². The van der Waals surface area contributed by atoms with Crippen LogP contribution in [-0.2, 0) is 9.47 Å². The summed E-state index contributed by atoms with van der Waals surface area (Å²) >= 11 is 6.19. The van der Waals surface area contributed by atoms with Gasteiger partial charge in [0, 0.05) is 48.7 Å². The maximum Gasteiger partial charge on any atom is 0.273 e. The standard InChI is InChI=1S/C22H24N4O4.C20H19ClN4O2/c1-28-19-8-5-15(11-20(19)29-2)17-12-18(26-25-17)22(27)24-16-6-3-14(4-7-16)21-13-23-9-10-30-21;21-16-4-2-1-3-15(16)17-11-18(25-24-17)20(26)23-14-7-5-13(6-8-14)19-12-22-9-10-27-19/h3-8,11-12,21,23H,9-10,13H2,1-2H3,(H,24,27)(H,25,26);1-8,11,19,22H,9-10,12H2,(H,23,26)(H,24,25)/t21-;19-/m11/s1. The van der Waals surface area contributed by atoms with Gasteiger partial charge in [0.15, 0.2) is 11.5 Å². The molecule has 2 amide bonds. The minimum atomic E-state index is -0.266. The molecule has 8 rings (SSSR count). The number of hydrogen-bond acceptors (Lipinski definition) is 10. The van der Waals surface area contributed by atoms with Crippen LogP contribution in [0.4, 0.5) is 11.4 Å². The summed E-state index contributed by atoms with van der Waals surface area (Å²) in [6.07, 6.45) is 0.0921. The van der Waals surface area contributed by atoms with Crippen LogP contribution in [0.5, 0.6) is 11.5 Å². The fourth-order valence-corrected chi connectivity index (χ4v) is 6.58. The number of rotatable bonds is 10. The molecule has 57 heavy (non-hydrogen) atoms. The molecule has 6 N–H and O–H groups in total. The molecule has 2 aromatic heterocycles. The number of halogens is 1. The Kier molecular flexibility index (Phi) is 12.9. The maximum atomic E-state index is 12.6. The van der Waals surface area contributed by atoms with E-state index in [1.165, 1.54) is 0 Å². The smallest absolute Gasteiger partial charge is 0.273 e. The minimum absolute atomic E-state index is 0.0418. The first-order chi connectivity index (χ1) is 27.9. The number of amides is 2. The molecule has 294 valence electrons. The van der Waals surface area contributed by atoms with Crippen molar-refractivity contribution in [2.24, 2.45) is 0 Å². The SMILES string of the molecule is COc1ccc(-c2cc(C(=O)Nc3ccc([C@H]4CNCCO4)cc3)[nH]n2)cc1OC.O=C(Nc1ccc([C@H]2CNCCO2)cc1)c1cc(-c2ccccc2Cl)n[nH]1. The highest BCUT2D eigenvalue weighted by molar-refractivity contribution is 6.33. The first-order valence-corrected chi connectivity index (χ1v) is 18.8. The molecule has 4 aromatic carbocycles. The quantitative estimate of drug-likeness (QED) is 0.0881. The minimum Gasteiger partial charge on any atom is -0.493 e. The summed E-state index contributed by atoms with van der Waals surface area (Å²) in [5, 5.41) is 27.0. The van der Waals surface area contributed by atoms with Crippen molar-refractivity contribution in [2.75, 3.05) is 64.2 Å². The van der Waals surface area contributed by atoms with Gasteiger partial charge in [0.2, 0.25) is 0 Å². The van der Waals surface area contributed by atoms with Crippen LogP contribution >= 0.6 is 11.6 Å². The lowest BCUT2D eigenvalue weighted by atomic mass is 10.1. The summed E-state index contributed by atoms with van der Waals surface area (Å²) < 4.78 is 22.1. The number of ether oxygens (including phenoxy) is 4. The van der Waals surface area contributed by atoms with Gasteiger partial charge in [-0.15, -0.1) is 0 Å². The number of morpholine rings is 2. The third-order valence-electron chi connectivity index (χ3n) is 9.41. The molecule has 2 fully saturated rings. The van der Waals surface area contributed by atoms with E-state index in [9.17, 15) is 9.59 Å². The largest absolute Gasteiger partial charge is 0.493 e. The van der Waals surface area contributed by atoms with Gasteiger partial charge in [-0.1, -0.05) is 54.1 Å². The molecule has 4 heterocycles. The predicted octanol–water partition coefficient (Wildman–Crippen LogP) is 6.65. The number of methoxy groups -OCH3 is 2. The van der Waals surface area contributed by atoms with Crippen LogP contribution in [0, 0.1) is 0 Å². The van der Waals surface area contributed by atoms with Crippen LogP contribution in [0.2, 0.25) is 5.02 Å². The Morgan fingerprint density at radius 1 is 0.667 bits per heavy atom. The molecule has 0 saturated carbocycles. The number of nitrogens with one attached hydrogen (secondary N) is 6. The van der Waals surface area contributed by atoms with E-state index >= 15 is 0 Å². The molecular weight excluding hydrogens is 748 g/mol. The summed E-state index contributed by atoms with van der Waals surface area (Å²) in [5.41, 5.74) is 7.17. The number of H-pyrrole nitrogens is 2. The van der Waals surface area contributed by atoms with Crippen molar-refractivity contribution >= 4 is 34.8 Å². The molecule has 6 aromatic rings. The number of anilines is 2. The molecular formula is C42H43ClN8O6. The first kappa shape index (κ1) is 39.2. The zero-order valence-corrected chi connectivity index (χ0v) is 32.2. The lowest BCUT2D eigenvalue weighted by Gasteiger charge is -2.24. The normalized spacial score (nSPS) is 16.5. The van der Waals surface area contributed by atoms with Gasteiger partial charge < -0.3 is 40.2 Å². The Morgan fingerprint density at radius 3 is 1.70 bits per heavy atom. The molecule has 0 spiro atoms. The molecule has 2 saturated heterocycles. The third-order valence-corrected chi connectivity index (χ3v) is 9.74. The van der Waals surface area contributed by atoms with Crippen molar-refractivity contribution in [1.82, 2.24) is 31.0 Å². The van der Waals surface area contributed by atoms with Crippen LogP contribution in [0.25, 0.3) is 22.5 Å². The van der Waals surface area contributed by atoms with E-state index in [1.807, 2.05) is 78.9 Å². The van der Waals surface area contributed by atoms with Crippen molar-refractivity contribution in [3.63, 3.8) is 0 Å². The molecule has 2 atom stereocenters. The average molecular weight is 791 g/mol. The fraction of sp³-hybridized carbons (Fsp3) is 0.238. The first-order valence-electron chi connectivity index (χ1n) is 18.4. The highest BCUT2D eigenvalue weighted by atomic mass is 35.5. The van der Waals surface area contributed by atoms with Gasteiger partial charge >= 0.3 is 0 Å². The van der Waals surface area contributed by atoms with E-state index in [4.69, 9.17) is 30.5 Å². The van der Waals surface area contributed by atoms with Crippen LogP contribution in [0.15, 0.2) is 103 Å². The number of nitrogens with zero attached hydrogens (tertiary/aromatic N) is 2. The number of aromatic nitrogens is 4. The van der Waals surface area contributed by atoms with E-state index in [-0.39, 0.29) is 24.0 Å². The van der Waals surface area contributed by atoms with Gasteiger partial charge in [-0.25, -0.2) is 0 Å². The number of hydrogen-bond donors (Lipinski definition) is 6. The number of aromatic amines is 2. The van der Waals surface area contributed by atoms with Gasteiger partial charge in [-0.05, 0) is 71.8 Å². The maximum absolute atomic E-state index is 12.6. The molecule has 0 unspecified atom stereocenters. The van der Waals surface area contributed by atoms with Crippen molar-refractivity contribution < 1.29 is 28.5 Å². The van der Waals surface area contributed by atoms with Crippen molar-refractivity contribution in [3.05, 3.63) is 131 Å². The van der Waals surface area contributed by atoms with Crippen LogP contribution in [-0.4, -0.2) is 85.8 Å². The van der Waals surface area contributed by atoms with Crippen molar-refractivity contribution in [3.8, 4) is 34.0 Å². The van der Waals surface area contributed by atoms with E-state index in [1.54, 1.807) is 38.5 Å². The van der Waals surface area contributed by atoms with Gasteiger partial charge in [0.25, 0.3) is 11.8 Å². The monoisotopic (exact) mass is 790 g/mol. The average Bonchev–Trinajstić information content (AvgIpc) is 3.97. The Labute approximate surface area is 334 Å². The zero-order valence-electron chi connectivity index (χ0n) is 31.4. The van der Waals surface area contributed by atoms with Gasteiger partial charge in [0.1, 0.15) is 11.4 Å². The Hall–Kier alpha value is -6.03. The van der Waals surface area contributed by atoms with Crippen molar-refractivity contribution in [2.45, 2.75) is 12.2 Å². The van der Waals surface area contributed by atoms with E-state index in [2.05, 4.69) is 41.7 Å². The predicted molar refractivity (Wildman–Crippen MR) is 218 cm³/mol. The molecule has 0 bridgehead atoms. The topological polar surface area (TPSA) is 177 Å². The lowest BCUT2D eigenvalue weighted by Crippen LogP contribution is -2.33. The Bertz CT molecular complexity index is 2270. The Balaban J connectivity index is 0.000000175. The second kappa shape index (κ2) is 18.7. The fourth-order valence-electron chi connectivity index (χ4n) is 6.34. The van der Waals surface area contributed by atoms with Crippen LogP contribution < -0.4 is 30.7 Å². The molecule has 0 radical (unpaired) electrons. The molecule has 14 nitrogen and oxygen atoms in total. The van der Waals surface area contributed by atoms with E-state index in [0.717, 1.165) is 48.4 Å². The molecule has 2 aliphatic rings. The lowest BCUT2D eigenvalue weighted by molar-refractivity contribution is 0.0276. The van der Waals surface area contributed by atoms with Crippen molar-refractivity contribution in [1.29, 1.82) is 0 Å². The highest BCUT2D eigenvalue weighted by Crippen LogP contribution is 2.32. The second-order valence-corrected chi connectivity index (χ2v) is 13.6. The summed E-state index contributed by atoms with van der Waals surface area (Å²) in [7, 11) is 3.16. The zero-order chi connectivity index (χ0) is 39.6. The van der Waals surface area contributed by atoms with E-state index in [0.29, 0.717) is 63.9 Å². The van der Waals surface area contributed by atoms with Gasteiger partial charge in [-0.3, -0.25) is 19.8 Å².